The molecule has 0 unspecified atom stereocenters. The zero-order valence-corrected chi connectivity index (χ0v) is 10.1. The summed E-state index contributed by atoms with van der Waals surface area (Å²) in [6, 6.07) is 4.00. The molecule has 0 saturated carbocycles. The van der Waals surface area contributed by atoms with Gasteiger partial charge < -0.3 is 5.32 Å². The molecule has 3 nitrogen and oxygen atoms in total. The molecule has 3 heteroatoms. The number of carbonyl (C=O) groups is 1. The molecule has 0 bridgehead atoms. The lowest BCUT2D eigenvalue weighted by atomic mass is 10.1. The minimum absolute atomic E-state index is 0.270. The zero-order chi connectivity index (χ0) is 11.8. The molecule has 0 aliphatic rings. The van der Waals surface area contributed by atoms with Gasteiger partial charge in [-0.15, -0.1) is 0 Å². The van der Waals surface area contributed by atoms with Crippen LogP contribution in [0.15, 0.2) is 18.3 Å². The molecule has 1 aromatic rings. The predicted molar refractivity (Wildman–Crippen MR) is 65.5 cm³/mol. The van der Waals surface area contributed by atoms with Crippen molar-refractivity contribution in [1.82, 2.24) is 10.3 Å². The van der Waals surface area contributed by atoms with Crippen molar-refractivity contribution in [2.24, 2.45) is 0 Å². The summed E-state index contributed by atoms with van der Waals surface area (Å²) in [5.41, 5.74) is 2.10. The van der Waals surface area contributed by atoms with E-state index in [4.69, 9.17) is 0 Å². The van der Waals surface area contributed by atoms with Gasteiger partial charge in [0.2, 0.25) is 0 Å². The van der Waals surface area contributed by atoms with Crippen molar-refractivity contribution in [1.29, 1.82) is 0 Å². The molecular formula is C13H20N2O. The Morgan fingerprint density at radius 3 is 2.81 bits per heavy atom. The molecule has 0 aromatic carbocycles. The number of pyridine rings is 1. The third-order valence-corrected chi connectivity index (χ3v) is 2.55. The molecule has 0 radical (unpaired) electrons. The summed E-state index contributed by atoms with van der Waals surface area (Å²) in [7, 11) is 1.90. The van der Waals surface area contributed by atoms with Gasteiger partial charge in [0, 0.05) is 24.7 Å². The lowest BCUT2D eigenvalue weighted by Gasteiger charge is -2.02. The first-order valence-electron chi connectivity index (χ1n) is 5.86. The number of nitrogens with one attached hydrogen (secondary N) is 1. The first-order valence-corrected chi connectivity index (χ1v) is 5.86. The normalized spacial score (nSPS) is 10.4. The SMILES string of the molecule is CCc1ccc(CC(=O)CCCNC)nc1. The summed E-state index contributed by atoms with van der Waals surface area (Å²) >= 11 is 0. The highest BCUT2D eigenvalue weighted by atomic mass is 16.1. The zero-order valence-electron chi connectivity index (χ0n) is 10.1. The van der Waals surface area contributed by atoms with E-state index >= 15 is 0 Å². The maximum Gasteiger partial charge on any atom is 0.138 e. The summed E-state index contributed by atoms with van der Waals surface area (Å²) < 4.78 is 0. The van der Waals surface area contributed by atoms with Crippen LogP contribution in [0.25, 0.3) is 0 Å². The Morgan fingerprint density at radius 2 is 2.25 bits per heavy atom. The van der Waals surface area contributed by atoms with E-state index in [0.717, 1.165) is 25.1 Å². The average molecular weight is 220 g/mol. The summed E-state index contributed by atoms with van der Waals surface area (Å²) in [6.07, 6.45) is 4.85. The van der Waals surface area contributed by atoms with Crippen molar-refractivity contribution in [2.45, 2.75) is 32.6 Å². The minimum Gasteiger partial charge on any atom is -0.320 e. The van der Waals surface area contributed by atoms with E-state index in [1.165, 1.54) is 5.56 Å². The molecule has 0 spiro atoms. The second kappa shape index (κ2) is 7.12. The van der Waals surface area contributed by atoms with Crippen molar-refractivity contribution in [3.05, 3.63) is 29.6 Å². The van der Waals surface area contributed by atoms with E-state index in [0.29, 0.717) is 12.8 Å². The number of carbonyl (C=O) groups excluding carboxylic acids is 1. The molecule has 0 aliphatic carbocycles. The van der Waals surface area contributed by atoms with Crippen LogP contribution < -0.4 is 5.32 Å². The topological polar surface area (TPSA) is 42.0 Å². The number of ketones is 1. The van der Waals surface area contributed by atoms with E-state index in [-0.39, 0.29) is 5.78 Å². The van der Waals surface area contributed by atoms with Crippen LogP contribution in [-0.4, -0.2) is 24.4 Å². The van der Waals surface area contributed by atoms with Gasteiger partial charge in [0.05, 0.1) is 0 Å². The van der Waals surface area contributed by atoms with Crippen molar-refractivity contribution in [3.63, 3.8) is 0 Å². The van der Waals surface area contributed by atoms with Gasteiger partial charge >= 0.3 is 0 Å². The molecule has 0 atom stereocenters. The van der Waals surface area contributed by atoms with Gasteiger partial charge in [0.15, 0.2) is 0 Å². The number of aromatic nitrogens is 1. The van der Waals surface area contributed by atoms with Gasteiger partial charge in [-0.3, -0.25) is 9.78 Å². The van der Waals surface area contributed by atoms with Gasteiger partial charge in [0.25, 0.3) is 0 Å². The van der Waals surface area contributed by atoms with E-state index < -0.39 is 0 Å². The first kappa shape index (κ1) is 12.8. The largest absolute Gasteiger partial charge is 0.320 e. The average Bonchev–Trinajstić information content (AvgIpc) is 2.30. The maximum atomic E-state index is 11.6. The van der Waals surface area contributed by atoms with Crippen LogP contribution in [-0.2, 0) is 17.6 Å². The summed E-state index contributed by atoms with van der Waals surface area (Å²) in [5, 5.41) is 3.03. The Bertz CT molecular complexity index is 319. The van der Waals surface area contributed by atoms with Crippen molar-refractivity contribution in [2.75, 3.05) is 13.6 Å². The summed E-state index contributed by atoms with van der Waals surface area (Å²) in [6.45, 7) is 2.99. The quantitative estimate of drug-likeness (QED) is 0.712. The molecule has 88 valence electrons. The molecule has 16 heavy (non-hydrogen) atoms. The second-order valence-corrected chi connectivity index (χ2v) is 3.93. The molecule has 1 heterocycles. The van der Waals surface area contributed by atoms with Gasteiger partial charge in [0.1, 0.15) is 5.78 Å². The Morgan fingerprint density at radius 1 is 1.44 bits per heavy atom. The molecule has 1 aromatic heterocycles. The smallest absolute Gasteiger partial charge is 0.138 e. The molecule has 1 N–H and O–H groups in total. The standard InChI is InChI=1S/C13H20N2O/c1-3-11-6-7-12(15-10-11)9-13(16)5-4-8-14-2/h6-7,10,14H,3-5,8-9H2,1-2H3. The lowest BCUT2D eigenvalue weighted by molar-refractivity contribution is -0.118. The van der Waals surface area contributed by atoms with Crippen LogP contribution in [0.2, 0.25) is 0 Å². The molecule has 0 amide bonds. The highest BCUT2D eigenvalue weighted by Gasteiger charge is 2.04. The van der Waals surface area contributed by atoms with Crippen LogP contribution in [0, 0.1) is 0 Å². The number of nitrogens with zero attached hydrogens (tertiary/aromatic N) is 1. The number of Topliss-reactive ketones (excluding diaryl/α,β-unsaturated/α-hetero) is 1. The van der Waals surface area contributed by atoms with Crippen LogP contribution in [0.5, 0.6) is 0 Å². The van der Waals surface area contributed by atoms with E-state index in [1.807, 2.05) is 25.4 Å². The fourth-order valence-corrected chi connectivity index (χ4v) is 1.52. The molecule has 1 rings (SSSR count). The van der Waals surface area contributed by atoms with E-state index in [2.05, 4.69) is 17.2 Å². The Kier molecular flexibility index (Phi) is 5.72. The summed E-state index contributed by atoms with van der Waals surface area (Å²) in [4.78, 5) is 15.9. The van der Waals surface area contributed by atoms with Crippen molar-refractivity contribution < 1.29 is 4.79 Å². The van der Waals surface area contributed by atoms with Crippen molar-refractivity contribution >= 4 is 5.78 Å². The first-order chi connectivity index (χ1) is 7.76. The fraction of sp³-hybridized carbons (Fsp3) is 0.538. The third-order valence-electron chi connectivity index (χ3n) is 2.55. The second-order valence-electron chi connectivity index (χ2n) is 3.93. The molecule has 0 saturated heterocycles. The molecular weight excluding hydrogens is 200 g/mol. The fourth-order valence-electron chi connectivity index (χ4n) is 1.52. The van der Waals surface area contributed by atoms with Crippen molar-refractivity contribution in [3.8, 4) is 0 Å². The molecule has 0 fully saturated rings. The lowest BCUT2D eigenvalue weighted by Crippen LogP contribution is -2.11. The molecule has 0 aliphatic heterocycles. The minimum atomic E-state index is 0.270. The number of hydrogen-bond acceptors (Lipinski definition) is 3. The Hall–Kier alpha value is -1.22. The van der Waals surface area contributed by atoms with Gasteiger partial charge in [-0.1, -0.05) is 13.0 Å². The summed E-state index contributed by atoms with van der Waals surface area (Å²) in [5.74, 6) is 0.270. The third kappa shape index (κ3) is 4.53. The van der Waals surface area contributed by atoms with Crippen LogP contribution in [0.4, 0.5) is 0 Å². The highest BCUT2D eigenvalue weighted by molar-refractivity contribution is 5.80. The highest BCUT2D eigenvalue weighted by Crippen LogP contribution is 2.04. The maximum absolute atomic E-state index is 11.6. The van der Waals surface area contributed by atoms with Crippen LogP contribution in [0.1, 0.15) is 31.0 Å². The van der Waals surface area contributed by atoms with Crippen LogP contribution >= 0.6 is 0 Å². The number of aryl methyl sites for hydroxylation is 1. The Balaban J connectivity index is 2.37. The van der Waals surface area contributed by atoms with E-state index in [9.17, 15) is 4.79 Å². The monoisotopic (exact) mass is 220 g/mol. The number of hydrogen-bond donors (Lipinski definition) is 1. The predicted octanol–water partition coefficient (Wildman–Crippen LogP) is 1.76. The van der Waals surface area contributed by atoms with Gasteiger partial charge in [-0.05, 0) is 38.1 Å². The number of rotatable bonds is 7. The van der Waals surface area contributed by atoms with Gasteiger partial charge in [-0.25, -0.2) is 0 Å². The van der Waals surface area contributed by atoms with Gasteiger partial charge in [-0.2, -0.15) is 0 Å². The van der Waals surface area contributed by atoms with E-state index in [1.54, 1.807) is 0 Å². The van der Waals surface area contributed by atoms with Crippen LogP contribution in [0.3, 0.4) is 0 Å². The Labute approximate surface area is 97.3 Å².